The van der Waals surface area contributed by atoms with E-state index in [4.69, 9.17) is 0 Å². The van der Waals surface area contributed by atoms with Gasteiger partial charge in [-0.05, 0) is 31.0 Å². The van der Waals surface area contributed by atoms with E-state index in [1.807, 2.05) is 23.1 Å². The van der Waals surface area contributed by atoms with E-state index in [0.29, 0.717) is 6.04 Å². The quantitative estimate of drug-likeness (QED) is 0.833. The van der Waals surface area contributed by atoms with E-state index >= 15 is 0 Å². The lowest BCUT2D eigenvalue weighted by Crippen LogP contribution is -2.52. The van der Waals surface area contributed by atoms with Gasteiger partial charge in [0.2, 0.25) is 11.8 Å². The number of rotatable bonds is 2. The molecule has 0 spiro atoms. The van der Waals surface area contributed by atoms with Gasteiger partial charge in [0.15, 0.2) is 0 Å². The number of anilines is 1. The number of nitrogens with one attached hydrogen (secondary N) is 1. The highest BCUT2D eigenvalue weighted by molar-refractivity contribution is 6.02. The molecule has 3 rings (SSSR count). The smallest absolute Gasteiger partial charge is 0.248 e. The molecular weight excluding hydrogens is 266 g/mol. The number of hydrogen-bond donors (Lipinski definition) is 1. The Morgan fingerprint density at radius 1 is 1.10 bits per heavy atom. The summed E-state index contributed by atoms with van der Waals surface area (Å²) >= 11 is 0. The second-order valence-corrected chi connectivity index (χ2v) is 5.76. The molecule has 2 saturated heterocycles. The van der Waals surface area contributed by atoms with Crippen LogP contribution in [0, 0.1) is 0 Å². The van der Waals surface area contributed by atoms with Crippen LogP contribution in [-0.2, 0) is 9.59 Å². The summed E-state index contributed by atoms with van der Waals surface area (Å²) < 4.78 is 0. The molecule has 5 nitrogen and oxygen atoms in total. The maximum atomic E-state index is 11.9. The fraction of sp³-hybridized carbons (Fsp3) is 0.500. The summed E-state index contributed by atoms with van der Waals surface area (Å²) in [7, 11) is 1.55. The predicted octanol–water partition coefficient (Wildman–Crippen LogP) is 1.31. The van der Waals surface area contributed by atoms with Gasteiger partial charge >= 0.3 is 0 Å². The number of carbonyl (C=O) groups excluding carboxylic acids is 2. The zero-order valence-electron chi connectivity index (χ0n) is 12.3. The van der Waals surface area contributed by atoms with E-state index in [2.05, 4.69) is 11.4 Å². The number of piperidine rings is 1. The summed E-state index contributed by atoms with van der Waals surface area (Å²) in [6, 6.07) is 8.42. The zero-order chi connectivity index (χ0) is 14.8. The molecule has 112 valence electrons. The number of para-hydroxylation sites is 1. The topological polar surface area (TPSA) is 52.7 Å². The Labute approximate surface area is 124 Å². The van der Waals surface area contributed by atoms with Gasteiger partial charge in [0.1, 0.15) is 0 Å². The first-order valence-corrected chi connectivity index (χ1v) is 7.53. The SMILES string of the molecule is CN1C(=O)CN(c2ccccc2C2CCCCN2)CC1=O. The standard InChI is InChI=1S/C16H21N3O2/c1-18-15(20)10-19(11-16(18)21)14-8-3-2-6-12(14)13-7-4-5-9-17-13/h2-3,6,8,13,17H,4-5,7,9-11H2,1H3. The van der Waals surface area contributed by atoms with Crippen LogP contribution < -0.4 is 10.2 Å². The minimum atomic E-state index is -0.141. The monoisotopic (exact) mass is 287 g/mol. The number of piperazine rings is 1. The third-order valence-corrected chi connectivity index (χ3v) is 4.36. The molecule has 0 bridgehead atoms. The minimum absolute atomic E-state index is 0.141. The van der Waals surface area contributed by atoms with Gasteiger partial charge in [-0.2, -0.15) is 0 Å². The second kappa shape index (κ2) is 5.85. The predicted molar refractivity (Wildman–Crippen MR) is 81.0 cm³/mol. The Hall–Kier alpha value is -1.88. The van der Waals surface area contributed by atoms with Crippen LogP contribution in [0.4, 0.5) is 5.69 Å². The van der Waals surface area contributed by atoms with E-state index in [1.54, 1.807) is 7.05 Å². The Bertz CT molecular complexity index is 534. The lowest BCUT2D eigenvalue weighted by Gasteiger charge is -2.35. The zero-order valence-corrected chi connectivity index (χ0v) is 12.3. The van der Waals surface area contributed by atoms with Gasteiger partial charge in [-0.25, -0.2) is 0 Å². The van der Waals surface area contributed by atoms with Crippen LogP contribution in [0.3, 0.4) is 0 Å². The largest absolute Gasteiger partial charge is 0.353 e. The van der Waals surface area contributed by atoms with Crippen molar-refractivity contribution < 1.29 is 9.59 Å². The molecule has 2 amide bonds. The summed E-state index contributed by atoms with van der Waals surface area (Å²) in [6.07, 6.45) is 3.53. The van der Waals surface area contributed by atoms with Crippen molar-refractivity contribution in [1.82, 2.24) is 10.2 Å². The van der Waals surface area contributed by atoms with Crippen molar-refractivity contribution in [3.63, 3.8) is 0 Å². The van der Waals surface area contributed by atoms with Crippen molar-refractivity contribution >= 4 is 17.5 Å². The van der Waals surface area contributed by atoms with Crippen LogP contribution in [0.15, 0.2) is 24.3 Å². The third-order valence-electron chi connectivity index (χ3n) is 4.36. The minimum Gasteiger partial charge on any atom is -0.353 e. The molecule has 1 N–H and O–H groups in total. The van der Waals surface area contributed by atoms with Crippen molar-refractivity contribution in [2.45, 2.75) is 25.3 Å². The number of benzene rings is 1. The Balaban J connectivity index is 1.88. The number of hydrogen-bond acceptors (Lipinski definition) is 4. The van der Waals surface area contributed by atoms with Crippen LogP contribution >= 0.6 is 0 Å². The van der Waals surface area contributed by atoms with Crippen molar-refractivity contribution in [2.24, 2.45) is 0 Å². The molecule has 1 aromatic carbocycles. The summed E-state index contributed by atoms with van der Waals surface area (Å²) in [5, 5.41) is 3.54. The Morgan fingerprint density at radius 2 is 1.81 bits per heavy atom. The lowest BCUT2D eigenvalue weighted by molar-refractivity contribution is -0.143. The van der Waals surface area contributed by atoms with Crippen LogP contribution in [0.5, 0.6) is 0 Å². The molecule has 21 heavy (non-hydrogen) atoms. The van der Waals surface area contributed by atoms with Gasteiger partial charge in [0.05, 0.1) is 13.1 Å². The lowest BCUT2D eigenvalue weighted by atomic mass is 9.95. The van der Waals surface area contributed by atoms with E-state index in [9.17, 15) is 9.59 Å². The molecule has 5 heteroatoms. The summed E-state index contributed by atoms with van der Waals surface area (Å²) in [6.45, 7) is 1.57. The molecule has 2 heterocycles. The van der Waals surface area contributed by atoms with Gasteiger partial charge < -0.3 is 10.2 Å². The Kier molecular flexibility index (Phi) is 3.92. The number of amides is 2. The third kappa shape index (κ3) is 2.78. The number of imide groups is 1. The molecule has 0 saturated carbocycles. The molecule has 1 atom stereocenters. The molecule has 0 aromatic heterocycles. The van der Waals surface area contributed by atoms with Gasteiger partial charge in [-0.15, -0.1) is 0 Å². The second-order valence-electron chi connectivity index (χ2n) is 5.76. The summed E-state index contributed by atoms with van der Waals surface area (Å²) in [5.74, 6) is -0.282. The number of nitrogens with zero attached hydrogens (tertiary/aromatic N) is 2. The van der Waals surface area contributed by atoms with Crippen molar-refractivity contribution in [1.29, 1.82) is 0 Å². The fourth-order valence-electron chi connectivity index (χ4n) is 3.09. The maximum Gasteiger partial charge on any atom is 0.248 e. The van der Waals surface area contributed by atoms with Gasteiger partial charge in [0.25, 0.3) is 0 Å². The normalized spacial score (nSPS) is 23.6. The molecule has 0 aliphatic carbocycles. The first-order chi connectivity index (χ1) is 10.2. The van der Waals surface area contributed by atoms with Crippen LogP contribution in [0.25, 0.3) is 0 Å². The summed E-state index contributed by atoms with van der Waals surface area (Å²) in [4.78, 5) is 27.0. The van der Waals surface area contributed by atoms with Gasteiger partial charge in [0, 0.05) is 18.8 Å². The molecule has 1 unspecified atom stereocenters. The van der Waals surface area contributed by atoms with E-state index in [-0.39, 0.29) is 24.9 Å². The summed E-state index contributed by atoms with van der Waals surface area (Å²) in [5.41, 5.74) is 2.20. The molecule has 0 radical (unpaired) electrons. The number of likely N-dealkylation sites (N-methyl/N-ethyl adjacent to an activating group) is 1. The van der Waals surface area contributed by atoms with E-state index < -0.39 is 0 Å². The molecule has 2 fully saturated rings. The molecule has 2 aliphatic heterocycles. The molecule has 2 aliphatic rings. The number of carbonyl (C=O) groups is 2. The highest BCUT2D eigenvalue weighted by Crippen LogP contribution is 2.31. The maximum absolute atomic E-state index is 11.9. The molecule has 1 aromatic rings. The van der Waals surface area contributed by atoms with Crippen molar-refractivity contribution in [3.8, 4) is 0 Å². The highest BCUT2D eigenvalue weighted by atomic mass is 16.2. The van der Waals surface area contributed by atoms with Gasteiger partial charge in [-0.3, -0.25) is 14.5 Å². The van der Waals surface area contributed by atoms with E-state index in [1.165, 1.54) is 23.3 Å². The van der Waals surface area contributed by atoms with Crippen molar-refractivity contribution in [2.75, 3.05) is 31.6 Å². The van der Waals surface area contributed by atoms with Crippen LogP contribution in [-0.4, -0.2) is 43.4 Å². The Morgan fingerprint density at radius 3 is 2.48 bits per heavy atom. The molecular formula is C16H21N3O2. The van der Waals surface area contributed by atoms with Crippen molar-refractivity contribution in [3.05, 3.63) is 29.8 Å². The van der Waals surface area contributed by atoms with Crippen LogP contribution in [0.2, 0.25) is 0 Å². The van der Waals surface area contributed by atoms with Gasteiger partial charge in [-0.1, -0.05) is 24.6 Å². The first-order valence-electron chi connectivity index (χ1n) is 7.53. The van der Waals surface area contributed by atoms with Crippen LogP contribution in [0.1, 0.15) is 30.9 Å². The highest BCUT2D eigenvalue weighted by Gasteiger charge is 2.30. The average molecular weight is 287 g/mol. The average Bonchev–Trinajstić information content (AvgIpc) is 2.53. The fourth-order valence-corrected chi connectivity index (χ4v) is 3.09. The first kappa shape index (κ1) is 14.1. The van der Waals surface area contributed by atoms with E-state index in [0.717, 1.165) is 18.7 Å².